The first kappa shape index (κ1) is 56.3. The quantitative estimate of drug-likeness (QED) is 0.0261. The topological polar surface area (TPSA) is 102 Å². The molecule has 0 bridgehead atoms. The number of esters is 2. The molecule has 0 saturated heterocycles. The molecule has 0 aromatic heterocycles. The lowest BCUT2D eigenvalue weighted by molar-refractivity contribution is -0.889. The van der Waals surface area contributed by atoms with Crippen molar-refractivity contribution in [1.29, 1.82) is 0 Å². The molecule has 8 heteroatoms. The molecule has 0 aliphatic heterocycles. The van der Waals surface area contributed by atoms with Crippen molar-refractivity contribution in [3.8, 4) is 0 Å². The molecule has 0 heterocycles. The zero-order valence-electron chi connectivity index (χ0n) is 38.9. The van der Waals surface area contributed by atoms with Crippen molar-refractivity contribution in [2.75, 3.05) is 41.0 Å². The summed E-state index contributed by atoms with van der Waals surface area (Å²) in [7, 11) is 5.39. The Labute approximate surface area is 363 Å². The maximum atomic E-state index is 12.7. The smallest absolute Gasteiger partial charge is 0.306 e. The Morgan fingerprint density at radius 1 is 0.508 bits per heavy atom. The number of carbonyl (C=O) groups is 3. The molecular formula is C51H91NO7. The Bertz CT molecular complexity index is 1110. The fraction of sp³-hybridized carbons (Fsp3) is 0.784. The number of unbranched alkanes of at least 4 members (excludes halogenated alkanes) is 21. The van der Waals surface area contributed by atoms with Crippen LogP contribution in [-0.4, -0.2) is 75.5 Å². The van der Waals surface area contributed by atoms with Gasteiger partial charge in [0.1, 0.15) is 12.6 Å². The molecule has 0 rings (SSSR count). The van der Waals surface area contributed by atoms with Crippen LogP contribution in [-0.2, 0) is 28.6 Å². The van der Waals surface area contributed by atoms with Gasteiger partial charge in [-0.25, -0.2) is 0 Å². The minimum absolute atomic E-state index is 0.0153. The molecule has 59 heavy (non-hydrogen) atoms. The van der Waals surface area contributed by atoms with Gasteiger partial charge in [-0.05, 0) is 64.2 Å². The molecule has 0 saturated carbocycles. The highest BCUT2D eigenvalue weighted by atomic mass is 16.6. The molecule has 342 valence electrons. The summed E-state index contributed by atoms with van der Waals surface area (Å²) >= 11 is 0. The number of rotatable bonds is 43. The van der Waals surface area contributed by atoms with Crippen molar-refractivity contribution in [2.45, 2.75) is 219 Å². The van der Waals surface area contributed by atoms with E-state index in [-0.39, 0.29) is 49.1 Å². The fourth-order valence-electron chi connectivity index (χ4n) is 6.92. The van der Waals surface area contributed by atoms with Gasteiger partial charge in [-0.3, -0.25) is 9.59 Å². The van der Waals surface area contributed by atoms with Gasteiger partial charge < -0.3 is 28.6 Å². The third-order valence-corrected chi connectivity index (χ3v) is 10.7. The monoisotopic (exact) mass is 830 g/mol. The molecule has 0 radical (unpaired) electrons. The zero-order valence-corrected chi connectivity index (χ0v) is 38.9. The van der Waals surface area contributed by atoms with Crippen molar-refractivity contribution >= 4 is 17.9 Å². The van der Waals surface area contributed by atoms with Crippen molar-refractivity contribution < 1.29 is 38.2 Å². The molecule has 0 aliphatic rings. The van der Waals surface area contributed by atoms with E-state index in [2.05, 4.69) is 56.4 Å². The van der Waals surface area contributed by atoms with Crippen molar-refractivity contribution in [3.63, 3.8) is 0 Å². The molecule has 0 fully saturated rings. The van der Waals surface area contributed by atoms with Gasteiger partial charge in [0, 0.05) is 19.3 Å². The van der Waals surface area contributed by atoms with E-state index in [4.69, 9.17) is 14.2 Å². The first-order valence-electron chi connectivity index (χ1n) is 24.2. The fourth-order valence-corrected chi connectivity index (χ4v) is 6.92. The van der Waals surface area contributed by atoms with Gasteiger partial charge in [-0.1, -0.05) is 172 Å². The Morgan fingerprint density at radius 2 is 0.932 bits per heavy atom. The molecule has 0 aromatic carbocycles. The maximum absolute atomic E-state index is 12.7. The van der Waals surface area contributed by atoms with E-state index in [9.17, 15) is 19.5 Å². The van der Waals surface area contributed by atoms with Gasteiger partial charge >= 0.3 is 11.9 Å². The molecule has 0 spiro atoms. The number of quaternary nitrogens is 1. The second-order valence-corrected chi connectivity index (χ2v) is 17.3. The predicted molar refractivity (Wildman–Crippen MR) is 245 cm³/mol. The zero-order chi connectivity index (χ0) is 43.5. The minimum atomic E-state index is -1.13. The third kappa shape index (κ3) is 40.5. The van der Waals surface area contributed by atoms with Crippen LogP contribution in [0.25, 0.3) is 0 Å². The van der Waals surface area contributed by atoms with E-state index in [1.807, 2.05) is 6.08 Å². The van der Waals surface area contributed by atoms with E-state index < -0.39 is 18.1 Å². The number of likely N-dealkylation sites (N-methyl/N-ethyl adjacent to an activating group) is 1. The Kier molecular flexibility index (Phi) is 40.1. The van der Waals surface area contributed by atoms with Crippen LogP contribution in [0.1, 0.15) is 206 Å². The highest BCUT2D eigenvalue weighted by molar-refractivity contribution is 5.70. The van der Waals surface area contributed by atoms with Crippen LogP contribution in [0.3, 0.4) is 0 Å². The first-order chi connectivity index (χ1) is 28.6. The standard InChI is InChI=1S/C51H91NO7/c1-6-8-10-12-14-16-18-20-21-22-23-24-25-26-27-28-30-31-33-35-37-39-41-49(53)58-46-47(45-57-44-43-48(51(55)56)52(3,4)5)59-50(54)42-40-38-36-34-32-29-19-17-15-13-11-9-7-2/h22-23,25-26,29,32,36,38,47-48H,6-21,24,27-28,30-31,33-35,37,39-46H2,1-5H3/b23-22+,26-25+,32-29+,38-36+. The van der Waals surface area contributed by atoms with Crippen molar-refractivity contribution in [1.82, 2.24) is 0 Å². The number of carbonyl (C=O) groups excluding carboxylic acids is 3. The van der Waals surface area contributed by atoms with Gasteiger partial charge in [0.25, 0.3) is 0 Å². The Hall–Kier alpha value is -2.71. The van der Waals surface area contributed by atoms with E-state index in [1.54, 1.807) is 21.1 Å². The average Bonchev–Trinajstić information content (AvgIpc) is 3.19. The van der Waals surface area contributed by atoms with E-state index in [1.165, 1.54) is 122 Å². The lowest BCUT2D eigenvalue weighted by Crippen LogP contribution is -2.55. The van der Waals surface area contributed by atoms with Crippen LogP contribution in [0.5, 0.6) is 0 Å². The number of nitrogens with zero attached hydrogens (tertiary/aromatic N) is 1. The number of hydrogen-bond acceptors (Lipinski definition) is 7. The number of carboxylic acid groups (broad SMARTS) is 1. The normalized spacial score (nSPS) is 13.3. The summed E-state index contributed by atoms with van der Waals surface area (Å²) in [6.07, 6.45) is 50.2. The summed E-state index contributed by atoms with van der Waals surface area (Å²) in [6.45, 7) is 4.59. The lowest BCUT2D eigenvalue weighted by Gasteiger charge is -2.34. The molecule has 0 N–H and O–H groups in total. The molecule has 2 atom stereocenters. The SMILES string of the molecule is CCCCCCCC/C=C/C/C=C/CCC(=O)OC(COCCC(C(=O)[O-])[N+](C)(C)C)COC(=O)CCCCCCCCC/C=C/C/C=C/CCCCCCCCCC. The molecular weight excluding hydrogens is 739 g/mol. The second kappa shape index (κ2) is 42.0. The summed E-state index contributed by atoms with van der Waals surface area (Å²) in [4.78, 5) is 36.9. The van der Waals surface area contributed by atoms with Gasteiger partial charge in [0.2, 0.25) is 0 Å². The molecule has 8 nitrogen and oxygen atoms in total. The number of allylic oxidation sites excluding steroid dienone is 8. The molecule has 0 amide bonds. The van der Waals surface area contributed by atoms with Crippen LogP contribution in [0.4, 0.5) is 0 Å². The van der Waals surface area contributed by atoms with Gasteiger partial charge in [0.05, 0.1) is 40.3 Å². The highest BCUT2D eigenvalue weighted by Gasteiger charge is 2.25. The molecule has 2 unspecified atom stereocenters. The van der Waals surface area contributed by atoms with E-state index in [0.29, 0.717) is 12.8 Å². The van der Waals surface area contributed by atoms with Crippen LogP contribution in [0.15, 0.2) is 48.6 Å². The minimum Gasteiger partial charge on any atom is -0.544 e. The predicted octanol–water partition coefficient (Wildman–Crippen LogP) is 12.3. The number of hydrogen-bond donors (Lipinski definition) is 0. The maximum Gasteiger partial charge on any atom is 0.306 e. The summed E-state index contributed by atoms with van der Waals surface area (Å²) < 4.78 is 17.1. The first-order valence-corrected chi connectivity index (χ1v) is 24.2. The van der Waals surface area contributed by atoms with E-state index in [0.717, 1.165) is 44.9 Å². The summed E-state index contributed by atoms with van der Waals surface area (Å²) in [5.41, 5.74) is 0. The average molecular weight is 830 g/mol. The largest absolute Gasteiger partial charge is 0.544 e. The van der Waals surface area contributed by atoms with Crippen molar-refractivity contribution in [3.05, 3.63) is 48.6 Å². The van der Waals surface area contributed by atoms with Crippen molar-refractivity contribution in [2.24, 2.45) is 0 Å². The van der Waals surface area contributed by atoms with Gasteiger partial charge in [-0.15, -0.1) is 0 Å². The van der Waals surface area contributed by atoms with Crippen LogP contribution in [0, 0.1) is 0 Å². The highest BCUT2D eigenvalue weighted by Crippen LogP contribution is 2.13. The van der Waals surface area contributed by atoms with Gasteiger partial charge in [0.15, 0.2) is 6.10 Å². The number of carboxylic acids is 1. The molecule has 0 aromatic rings. The summed E-state index contributed by atoms with van der Waals surface area (Å²) in [5, 5.41) is 11.6. The lowest BCUT2D eigenvalue weighted by atomic mass is 10.1. The Morgan fingerprint density at radius 3 is 1.37 bits per heavy atom. The number of ether oxygens (including phenoxy) is 3. The van der Waals surface area contributed by atoms with Crippen LogP contribution in [0.2, 0.25) is 0 Å². The summed E-state index contributed by atoms with van der Waals surface area (Å²) in [6, 6.07) is -0.736. The van der Waals surface area contributed by atoms with Crippen LogP contribution < -0.4 is 5.11 Å². The van der Waals surface area contributed by atoms with Crippen LogP contribution >= 0.6 is 0 Å². The van der Waals surface area contributed by atoms with E-state index >= 15 is 0 Å². The summed E-state index contributed by atoms with van der Waals surface area (Å²) in [5.74, 6) is -1.83. The van der Waals surface area contributed by atoms with Gasteiger partial charge in [-0.2, -0.15) is 0 Å². The third-order valence-electron chi connectivity index (χ3n) is 10.7. The second-order valence-electron chi connectivity index (χ2n) is 17.3. The number of aliphatic carboxylic acids is 1. The Balaban J connectivity index is 4.30. The molecule has 0 aliphatic carbocycles.